The summed E-state index contributed by atoms with van der Waals surface area (Å²) in [6.45, 7) is 3.14. The Balaban J connectivity index is 2.19. The van der Waals surface area contributed by atoms with Gasteiger partial charge in [-0.3, -0.25) is 4.79 Å². The fraction of sp³-hybridized carbons (Fsp3) is 0.889. The number of amides is 1. The van der Waals surface area contributed by atoms with E-state index >= 15 is 0 Å². The standard InChI is InChI=1S/C9H18N2O2S/c1-2-7(12)5-11-9(13)8-6-14-4-3-10-8/h7-8,10,12H,2-6H2,1H3,(H,11,13). The van der Waals surface area contributed by atoms with Gasteiger partial charge in [0.05, 0.1) is 12.1 Å². The van der Waals surface area contributed by atoms with E-state index in [9.17, 15) is 9.90 Å². The molecule has 0 aromatic heterocycles. The van der Waals surface area contributed by atoms with E-state index in [1.54, 1.807) is 11.8 Å². The number of carbonyl (C=O) groups is 1. The number of rotatable bonds is 4. The molecule has 0 spiro atoms. The zero-order valence-corrected chi connectivity index (χ0v) is 9.27. The number of aliphatic hydroxyl groups excluding tert-OH is 1. The Morgan fingerprint density at radius 2 is 2.57 bits per heavy atom. The summed E-state index contributed by atoms with van der Waals surface area (Å²) >= 11 is 1.79. The smallest absolute Gasteiger partial charge is 0.238 e. The van der Waals surface area contributed by atoms with E-state index in [0.29, 0.717) is 13.0 Å². The van der Waals surface area contributed by atoms with Crippen LogP contribution < -0.4 is 10.6 Å². The van der Waals surface area contributed by atoms with Crippen molar-refractivity contribution >= 4 is 17.7 Å². The minimum Gasteiger partial charge on any atom is -0.391 e. The van der Waals surface area contributed by atoms with Gasteiger partial charge in [0.1, 0.15) is 0 Å². The summed E-state index contributed by atoms with van der Waals surface area (Å²) in [5, 5.41) is 15.1. The average molecular weight is 218 g/mol. The summed E-state index contributed by atoms with van der Waals surface area (Å²) in [6, 6.07) is -0.0854. The number of nitrogens with one attached hydrogen (secondary N) is 2. The topological polar surface area (TPSA) is 61.4 Å². The molecule has 0 radical (unpaired) electrons. The molecule has 1 saturated heterocycles. The molecule has 0 bridgehead atoms. The van der Waals surface area contributed by atoms with Gasteiger partial charge in [-0.1, -0.05) is 6.92 Å². The molecule has 2 atom stereocenters. The van der Waals surface area contributed by atoms with Gasteiger partial charge in [0.15, 0.2) is 0 Å². The molecule has 4 nitrogen and oxygen atoms in total. The maximum Gasteiger partial charge on any atom is 0.238 e. The second-order valence-electron chi connectivity index (χ2n) is 3.39. The molecule has 0 saturated carbocycles. The zero-order chi connectivity index (χ0) is 10.4. The third kappa shape index (κ3) is 3.86. The zero-order valence-electron chi connectivity index (χ0n) is 8.45. The molecule has 2 unspecified atom stereocenters. The summed E-state index contributed by atoms with van der Waals surface area (Å²) in [6.07, 6.45) is 0.253. The number of thioether (sulfide) groups is 1. The fourth-order valence-corrected chi connectivity index (χ4v) is 2.15. The molecule has 1 amide bonds. The van der Waals surface area contributed by atoms with Gasteiger partial charge in [0.2, 0.25) is 5.91 Å². The van der Waals surface area contributed by atoms with Crippen LogP contribution in [0.15, 0.2) is 0 Å². The Bertz CT molecular complexity index is 184. The van der Waals surface area contributed by atoms with Gasteiger partial charge in [-0.05, 0) is 6.42 Å². The van der Waals surface area contributed by atoms with Crippen molar-refractivity contribution < 1.29 is 9.90 Å². The van der Waals surface area contributed by atoms with Crippen LogP contribution in [-0.2, 0) is 4.79 Å². The normalized spacial score (nSPS) is 24.3. The Morgan fingerprint density at radius 3 is 3.14 bits per heavy atom. The van der Waals surface area contributed by atoms with Crippen molar-refractivity contribution in [1.82, 2.24) is 10.6 Å². The van der Waals surface area contributed by atoms with E-state index < -0.39 is 6.10 Å². The van der Waals surface area contributed by atoms with Crippen LogP contribution in [0.4, 0.5) is 0 Å². The van der Waals surface area contributed by atoms with Gasteiger partial charge < -0.3 is 15.7 Å². The molecule has 3 N–H and O–H groups in total. The maximum absolute atomic E-state index is 11.5. The highest BCUT2D eigenvalue weighted by molar-refractivity contribution is 7.99. The van der Waals surface area contributed by atoms with Crippen LogP contribution in [0.3, 0.4) is 0 Å². The maximum atomic E-state index is 11.5. The molecule has 1 rings (SSSR count). The van der Waals surface area contributed by atoms with Crippen LogP contribution in [0.2, 0.25) is 0 Å². The van der Waals surface area contributed by atoms with Crippen LogP contribution in [0.25, 0.3) is 0 Å². The lowest BCUT2D eigenvalue weighted by atomic mass is 10.2. The summed E-state index contributed by atoms with van der Waals surface area (Å²) < 4.78 is 0. The number of aliphatic hydroxyl groups is 1. The average Bonchev–Trinajstić information content (AvgIpc) is 2.26. The lowest BCUT2D eigenvalue weighted by Crippen LogP contribution is -2.50. The largest absolute Gasteiger partial charge is 0.391 e. The molecular weight excluding hydrogens is 200 g/mol. The monoisotopic (exact) mass is 218 g/mol. The quantitative estimate of drug-likeness (QED) is 0.600. The first-order valence-electron chi connectivity index (χ1n) is 5.01. The third-order valence-electron chi connectivity index (χ3n) is 2.22. The summed E-state index contributed by atoms with van der Waals surface area (Å²) in [5.41, 5.74) is 0. The molecular formula is C9H18N2O2S. The minimum atomic E-state index is -0.421. The number of hydrogen-bond acceptors (Lipinski definition) is 4. The SMILES string of the molecule is CCC(O)CNC(=O)C1CSCCN1. The van der Waals surface area contributed by atoms with E-state index in [1.165, 1.54) is 0 Å². The highest BCUT2D eigenvalue weighted by Gasteiger charge is 2.20. The van der Waals surface area contributed by atoms with Crippen molar-refractivity contribution in [2.45, 2.75) is 25.5 Å². The van der Waals surface area contributed by atoms with E-state index in [-0.39, 0.29) is 11.9 Å². The van der Waals surface area contributed by atoms with Crippen LogP contribution in [-0.4, -0.2) is 47.8 Å². The Hall–Kier alpha value is -0.260. The molecule has 82 valence electrons. The molecule has 0 aromatic rings. The van der Waals surface area contributed by atoms with Gasteiger partial charge in [0.25, 0.3) is 0 Å². The molecule has 0 aromatic carbocycles. The molecule has 1 aliphatic rings. The van der Waals surface area contributed by atoms with Crippen molar-refractivity contribution in [3.63, 3.8) is 0 Å². The Morgan fingerprint density at radius 1 is 1.79 bits per heavy atom. The number of hydrogen-bond donors (Lipinski definition) is 3. The van der Waals surface area contributed by atoms with Crippen molar-refractivity contribution in [3.8, 4) is 0 Å². The second kappa shape index (κ2) is 6.27. The first-order chi connectivity index (χ1) is 6.74. The van der Waals surface area contributed by atoms with E-state index in [2.05, 4.69) is 10.6 Å². The van der Waals surface area contributed by atoms with Crippen molar-refractivity contribution in [1.29, 1.82) is 0 Å². The van der Waals surface area contributed by atoms with Gasteiger partial charge in [-0.15, -0.1) is 0 Å². The van der Waals surface area contributed by atoms with Gasteiger partial charge >= 0.3 is 0 Å². The van der Waals surface area contributed by atoms with Crippen LogP contribution in [0.1, 0.15) is 13.3 Å². The molecule has 0 aliphatic carbocycles. The Labute approximate surface area is 88.8 Å². The lowest BCUT2D eigenvalue weighted by molar-refractivity contribution is -0.123. The van der Waals surface area contributed by atoms with Crippen molar-refractivity contribution in [3.05, 3.63) is 0 Å². The summed E-state index contributed by atoms with van der Waals surface area (Å²) in [7, 11) is 0. The van der Waals surface area contributed by atoms with E-state index in [0.717, 1.165) is 18.1 Å². The first kappa shape index (κ1) is 11.8. The molecule has 1 heterocycles. The first-order valence-corrected chi connectivity index (χ1v) is 6.16. The van der Waals surface area contributed by atoms with E-state index in [1.807, 2.05) is 6.92 Å². The molecule has 5 heteroatoms. The van der Waals surface area contributed by atoms with Gasteiger partial charge in [-0.2, -0.15) is 11.8 Å². The predicted molar refractivity (Wildman–Crippen MR) is 58.4 cm³/mol. The second-order valence-corrected chi connectivity index (χ2v) is 4.54. The van der Waals surface area contributed by atoms with Gasteiger partial charge in [0, 0.05) is 24.6 Å². The van der Waals surface area contributed by atoms with Crippen molar-refractivity contribution in [2.24, 2.45) is 0 Å². The minimum absolute atomic E-state index is 0.00435. The van der Waals surface area contributed by atoms with E-state index in [4.69, 9.17) is 0 Å². The Kier molecular flexibility index (Phi) is 5.29. The lowest BCUT2D eigenvalue weighted by Gasteiger charge is -2.22. The van der Waals surface area contributed by atoms with Crippen LogP contribution >= 0.6 is 11.8 Å². The van der Waals surface area contributed by atoms with Gasteiger partial charge in [-0.25, -0.2) is 0 Å². The fourth-order valence-electron chi connectivity index (χ4n) is 1.22. The summed E-state index contributed by atoms with van der Waals surface area (Å²) in [5.74, 6) is 1.90. The summed E-state index contributed by atoms with van der Waals surface area (Å²) in [4.78, 5) is 11.5. The number of carbonyl (C=O) groups excluding carboxylic acids is 1. The molecule has 1 fully saturated rings. The highest BCUT2D eigenvalue weighted by Crippen LogP contribution is 2.07. The highest BCUT2D eigenvalue weighted by atomic mass is 32.2. The molecule has 1 aliphatic heterocycles. The molecule has 14 heavy (non-hydrogen) atoms. The third-order valence-corrected chi connectivity index (χ3v) is 3.28. The van der Waals surface area contributed by atoms with Crippen molar-refractivity contribution in [2.75, 3.05) is 24.6 Å². The predicted octanol–water partition coefficient (Wildman–Crippen LogP) is -0.421. The van der Waals surface area contributed by atoms with Crippen LogP contribution in [0, 0.1) is 0 Å². The van der Waals surface area contributed by atoms with Crippen LogP contribution in [0.5, 0.6) is 0 Å².